The SMILES string of the molecule is CC(C)CC(C)OCC(CS(=O)(=O)Cl)C(C)(C)C. The maximum absolute atomic E-state index is 11.2. The van der Waals surface area contributed by atoms with E-state index in [0.29, 0.717) is 12.5 Å². The van der Waals surface area contributed by atoms with Gasteiger partial charge in [-0.15, -0.1) is 0 Å². The van der Waals surface area contributed by atoms with Crippen molar-refractivity contribution in [3.63, 3.8) is 0 Å². The van der Waals surface area contributed by atoms with Gasteiger partial charge < -0.3 is 4.74 Å². The summed E-state index contributed by atoms with van der Waals surface area (Å²) in [5, 5.41) is 0. The van der Waals surface area contributed by atoms with Crippen LogP contribution in [0.2, 0.25) is 0 Å². The van der Waals surface area contributed by atoms with E-state index in [1.807, 2.05) is 27.7 Å². The van der Waals surface area contributed by atoms with Crippen molar-refractivity contribution in [1.82, 2.24) is 0 Å². The molecule has 0 rings (SSSR count). The van der Waals surface area contributed by atoms with Crippen molar-refractivity contribution >= 4 is 19.7 Å². The fourth-order valence-corrected chi connectivity index (χ4v) is 3.33. The van der Waals surface area contributed by atoms with Crippen LogP contribution in [0, 0.1) is 17.3 Å². The van der Waals surface area contributed by atoms with Crippen LogP contribution in [-0.4, -0.2) is 26.9 Å². The van der Waals surface area contributed by atoms with E-state index in [1.54, 1.807) is 0 Å². The molecule has 0 aliphatic rings. The van der Waals surface area contributed by atoms with Crippen LogP contribution in [0.15, 0.2) is 0 Å². The van der Waals surface area contributed by atoms with Gasteiger partial charge in [-0.1, -0.05) is 34.6 Å². The van der Waals surface area contributed by atoms with Gasteiger partial charge in [0.2, 0.25) is 9.05 Å². The van der Waals surface area contributed by atoms with E-state index in [0.717, 1.165) is 6.42 Å². The molecule has 2 atom stereocenters. The van der Waals surface area contributed by atoms with Crippen molar-refractivity contribution in [1.29, 1.82) is 0 Å². The van der Waals surface area contributed by atoms with Crippen molar-refractivity contribution in [2.75, 3.05) is 12.4 Å². The molecule has 5 heteroatoms. The average molecular weight is 299 g/mol. The smallest absolute Gasteiger partial charge is 0.232 e. The second-order valence-corrected chi connectivity index (χ2v) is 9.36. The summed E-state index contributed by atoms with van der Waals surface area (Å²) in [7, 11) is 1.87. The van der Waals surface area contributed by atoms with Crippen molar-refractivity contribution < 1.29 is 13.2 Å². The maximum atomic E-state index is 11.2. The molecule has 0 aromatic rings. The van der Waals surface area contributed by atoms with Gasteiger partial charge in [0.25, 0.3) is 0 Å². The van der Waals surface area contributed by atoms with Crippen LogP contribution in [0.25, 0.3) is 0 Å². The summed E-state index contributed by atoms with van der Waals surface area (Å²) in [6, 6.07) is 0. The number of halogens is 1. The van der Waals surface area contributed by atoms with Crippen LogP contribution in [-0.2, 0) is 13.8 Å². The summed E-state index contributed by atoms with van der Waals surface area (Å²) in [5.41, 5.74) is -0.139. The summed E-state index contributed by atoms with van der Waals surface area (Å²) >= 11 is 0. The Bertz CT molecular complexity index is 331. The van der Waals surface area contributed by atoms with Crippen LogP contribution in [0.4, 0.5) is 0 Å². The van der Waals surface area contributed by atoms with Gasteiger partial charge >= 0.3 is 0 Å². The van der Waals surface area contributed by atoms with E-state index < -0.39 is 9.05 Å². The Kier molecular flexibility index (Phi) is 7.19. The largest absolute Gasteiger partial charge is 0.378 e. The van der Waals surface area contributed by atoms with E-state index >= 15 is 0 Å². The second kappa shape index (κ2) is 7.11. The van der Waals surface area contributed by atoms with E-state index in [4.69, 9.17) is 15.4 Å². The summed E-state index contributed by atoms with van der Waals surface area (Å²) in [5.74, 6) is 0.450. The van der Waals surface area contributed by atoms with Crippen LogP contribution < -0.4 is 0 Å². The lowest BCUT2D eigenvalue weighted by atomic mass is 9.82. The average Bonchev–Trinajstić information content (AvgIpc) is 2.07. The maximum Gasteiger partial charge on any atom is 0.232 e. The van der Waals surface area contributed by atoms with Gasteiger partial charge in [-0.2, -0.15) is 0 Å². The zero-order valence-corrected chi connectivity index (χ0v) is 13.9. The number of ether oxygens (including phenoxy) is 1. The molecule has 0 N–H and O–H groups in total. The van der Waals surface area contributed by atoms with Crippen molar-refractivity contribution in [3.8, 4) is 0 Å². The lowest BCUT2D eigenvalue weighted by molar-refractivity contribution is 0.00853. The monoisotopic (exact) mass is 298 g/mol. The Labute approximate surface area is 117 Å². The van der Waals surface area contributed by atoms with Gasteiger partial charge in [-0.05, 0) is 24.7 Å². The van der Waals surface area contributed by atoms with Gasteiger partial charge in [0.15, 0.2) is 0 Å². The van der Waals surface area contributed by atoms with Gasteiger partial charge in [0.1, 0.15) is 0 Å². The molecule has 0 amide bonds. The zero-order valence-electron chi connectivity index (χ0n) is 12.4. The molecule has 3 nitrogen and oxygen atoms in total. The first-order valence-corrected chi connectivity index (χ1v) is 8.93. The van der Waals surface area contributed by atoms with Crippen molar-refractivity contribution in [2.24, 2.45) is 17.3 Å². The third kappa shape index (κ3) is 9.17. The highest BCUT2D eigenvalue weighted by Crippen LogP contribution is 2.29. The van der Waals surface area contributed by atoms with E-state index in [-0.39, 0.29) is 23.2 Å². The van der Waals surface area contributed by atoms with Crippen LogP contribution in [0.5, 0.6) is 0 Å². The molecule has 0 spiro atoms. The van der Waals surface area contributed by atoms with Crippen LogP contribution in [0.1, 0.15) is 48.0 Å². The number of hydrogen-bond donors (Lipinski definition) is 0. The Morgan fingerprint density at radius 3 is 2.00 bits per heavy atom. The molecule has 0 heterocycles. The molecule has 2 unspecified atom stereocenters. The predicted octanol–water partition coefficient (Wildman–Crippen LogP) is 3.67. The topological polar surface area (TPSA) is 43.4 Å². The summed E-state index contributed by atoms with van der Waals surface area (Å²) in [4.78, 5) is 0. The highest BCUT2D eigenvalue weighted by atomic mass is 35.7. The normalized spacial score (nSPS) is 16.9. The molecule has 0 aromatic carbocycles. The molecule has 0 saturated heterocycles. The first kappa shape index (κ1) is 18.2. The molecule has 0 bridgehead atoms. The minimum atomic E-state index is -3.49. The van der Waals surface area contributed by atoms with Crippen molar-refractivity contribution in [3.05, 3.63) is 0 Å². The molecule has 0 radical (unpaired) electrons. The Balaban J connectivity index is 4.44. The van der Waals surface area contributed by atoms with Crippen molar-refractivity contribution in [2.45, 2.75) is 54.1 Å². The molecular weight excluding hydrogens is 272 g/mol. The third-order valence-corrected chi connectivity index (χ3v) is 4.19. The zero-order chi connectivity index (χ0) is 14.6. The predicted molar refractivity (Wildman–Crippen MR) is 77.5 cm³/mol. The minimum absolute atomic E-state index is 0.0353. The van der Waals surface area contributed by atoms with Gasteiger partial charge in [0.05, 0.1) is 18.5 Å². The molecule has 0 fully saturated rings. The van der Waals surface area contributed by atoms with E-state index in [2.05, 4.69) is 13.8 Å². The Hall–Kier alpha value is 0.200. The standard InChI is InChI=1S/C13H27ClO3S/c1-10(2)7-11(3)17-8-12(13(4,5)6)9-18(14,15)16/h10-12H,7-9H2,1-6H3. The lowest BCUT2D eigenvalue weighted by Gasteiger charge is -2.30. The van der Waals surface area contributed by atoms with Gasteiger partial charge in [-0.25, -0.2) is 8.42 Å². The van der Waals surface area contributed by atoms with Gasteiger partial charge in [0, 0.05) is 16.6 Å². The fourth-order valence-electron chi connectivity index (χ4n) is 1.80. The third-order valence-electron chi connectivity index (χ3n) is 3.01. The second-order valence-electron chi connectivity index (χ2n) is 6.54. The molecule has 110 valence electrons. The quantitative estimate of drug-likeness (QED) is 0.674. The molecule has 0 aliphatic carbocycles. The molecule has 0 saturated carbocycles. The Morgan fingerprint density at radius 1 is 1.17 bits per heavy atom. The first-order chi connectivity index (χ1) is 7.92. The van der Waals surface area contributed by atoms with Gasteiger partial charge in [-0.3, -0.25) is 0 Å². The van der Waals surface area contributed by atoms with Crippen LogP contribution >= 0.6 is 10.7 Å². The molecule has 18 heavy (non-hydrogen) atoms. The first-order valence-electron chi connectivity index (χ1n) is 6.45. The summed E-state index contributed by atoms with van der Waals surface area (Å²) in [6.45, 7) is 12.8. The highest BCUT2D eigenvalue weighted by Gasteiger charge is 2.29. The molecular formula is C13H27ClO3S. The van der Waals surface area contributed by atoms with E-state index in [9.17, 15) is 8.42 Å². The lowest BCUT2D eigenvalue weighted by Crippen LogP contribution is -2.32. The fraction of sp³-hybridized carbons (Fsp3) is 1.00. The summed E-state index contributed by atoms with van der Waals surface area (Å²) < 4.78 is 28.2. The highest BCUT2D eigenvalue weighted by molar-refractivity contribution is 8.13. The number of rotatable bonds is 7. The Morgan fingerprint density at radius 2 is 1.67 bits per heavy atom. The molecule has 0 aromatic heterocycles. The number of hydrogen-bond acceptors (Lipinski definition) is 3. The van der Waals surface area contributed by atoms with E-state index in [1.165, 1.54) is 0 Å². The van der Waals surface area contributed by atoms with Crippen LogP contribution in [0.3, 0.4) is 0 Å². The molecule has 0 aliphatic heterocycles. The minimum Gasteiger partial charge on any atom is -0.378 e. The summed E-state index contributed by atoms with van der Waals surface area (Å²) in [6.07, 6.45) is 1.12.